The molecule has 0 saturated carbocycles. The van der Waals surface area contributed by atoms with E-state index in [1.165, 1.54) is 7.11 Å². The number of hydrogen-bond acceptors (Lipinski definition) is 2. The molecular weight excluding hydrogens is 286 g/mol. The molecule has 0 bridgehead atoms. The van der Waals surface area contributed by atoms with Crippen LogP contribution in [-0.4, -0.2) is 7.11 Å². The summed E-state index contributed by atoms with van der Waals surface area (Å²) in [6, 6.07) is 9.27. The van der Waals surface area contributed by atoms with Gasteiger partial charge in [0, 0.05) is 12.1 Å². The number of halogens is 4. The summed E-state index contributed by atoms with van der Waals surface area (Å²) in [4.78, 5) is 0. The van der Waals surface area contributed by atoms with Crippen molar-refractivity contribution >= 4 is 5.69 Å². The lowest BCUT2D eigenvalue weighted by Gasteiger charge is -2.13. The molecule has 0 saturated heterocycles. The number of methoxy groups -OCH3 is 1. The van der Waals surface area contributed by atoms with Gasteiger partial charge in [0.25, 0.3) is 0 Å². The number of nitrogens with one attached hydrogen (secondary N) is 1. The van der Waals surface area contributed by atoms with Crippen LogP contribution in [0, 0.1) is 5.82 Å². The standard InChI is InChI=1S/C15H13F4NO/c1-21-14-5-3-2-4-10(14)9-20-13-8-11(15(17,18)19)6-7-12(13)16/h2-8,20H,9H2,1H3. The van der Waals surface area contributed by atoms with Crippen molar-refractivity contribution in [2.45, 2.75) is 12.7 Å². The molecule has 0 aromatic heterocycles. The lowest BCUT2D eigenvalue weighted by atomic mass is 10.1. The Morgan fingerprint density at radius 1 is 1.10 bits per heavy atom. The summed E-state index contributed by atoms with van der Waals surface area (Å²) in [5.41, 5.74) is -0.376. The molecule has 2 nitrogen and oxygen atoms in total. The molecule has 0 fully saturated rings. The Bertz CT molecular complexity index is 625. The van der Waals surface area contributed by atoms with Gasteiger partial charge in [0.2, 0.25) is 0 Å². The van der Waals surface area contributed by atoms with Gasteiger partial charge in [-0.2, -0.15) is 13.2 Å². The van der Waals surface area contributed by atoms with E-state index in [0.29, 0.717) is 11.8 Å². The molecule has 6 heteroatoms. The zero-order chi connectivity index (χ0) is 15.5. The molecule has 0 heterocycles. The fourth-order valence-electron chi connectivity index (χ4n) is 1.88. The third-order valence-corrected chi connectivity index (χ3v) is 2.96. The monoisotopic (exact) mass is 299 g/mol. The highest BCUT2D eigenvalue weighted by atomic mass is 19.4. The van der Waals surface area contributed by atoms with E-state index in [0.717, 1.165) is 17.7 Å². The van der Waals surface area contributed by atoms with Crippen molar-refractivity contribution in [1.29, 1.82) is 0 Å². The van der Waals surface area contributed by atoms with E-state index in [9.17, 15) is 17.6 Å². The van der Waals surface area contributed by atoms with Crippen molar-refractivity contribution in [3.05, 3.63) is 59.4 Å². The van der Waals surface area contributed by atoms with Crippen LogP contribution in [0.1, 0.15) is 11.1 Å². The van der Waals surface area contributed by atoms with E-state index in [4.69, 9.17) is 4.74 Å². The number of rotatable bonds is 4. The van der Waals surface area contributed by atoms with Gasteiger partial charge in [-0.3, -0.25) is 0 Å². The Morgan fingerprint density at radius 3 is 2.48 bits per heavy atom. The second kappa shape index (κ2) is 6.03. The maximum absolute atomic E-state index is 13.6. The number of para-hydroxylation sites is 1. The van der Waals surface area contributed by atoms with E-state index < -0.39 is 17.6 Å². The molecule has 112 valence electrons. The second-order valence-electron chi connectivity index (χ2n) is 4.36. The Balaban J connectivity index is 2.20. The summed E-state index contributed by atoms with van der Waals surface area (Å²) in [7, 11) is 1.49. The van der Waals surface area contributed by atoms with Gasteiger partial charge >= 0.3 is 6.18 Å². The van der Waals surface area contributed by atoms with Crippen LogP contribution in [0.2, 0.25) is 0 Å². The maximum Gasteiger partial charge on any atom is 0.416 e. The van der Waals surface area contributed by atoms with Crippen LogP contribution in [0.25, 0.3) is 0 Å². The van der Waals surface area contributed by atoms with Crippen molar-refractivity contribution in [2.75, 3.05) is 12.4 Å². The first-order valence-electron chi connectivity index (χ1n) is 6.14. The van der Waals surface area contributed by atoms with E-state index in [-0.39, 0.29) is 12.2 Å². The predicted octanol–water partition coefficient (Wildman–Crippen LogP) is 4.47. The van der Waals surface area contributed by atoms with Crippen molar-refractivity contribution < 1.29 is 22.3 Å². The Labute approximate surface area is 119 Å². The van der Waals surface area contributed by atoms with Crippen molar-refractivity contribution in [3.63, 3.8) is 0 Å². The molecule has 0 spiro atoms. The van der Waals surface area contributed by atoms with Gasteiger partial charge in [0.15, 0.2) is 0 Å². The highest BCUT2D eigenvalue weighted by Crippen LogP contribution is 2.32. The average molecular weight is 299 g/mol. The Hall–Kier alpha value is -2.24. The summed E-state index contributed by atoms with van der Waals surface area (Å²) in [6.45, 7) is 0.155. The predicted molar refractivity (Wildman–Crippen MR) is 71.7 cm³/mol. The molecule has 2 aromatic carbocycles. The maximum atomic E-state index is 13.6. The number of hydrogen-bond donors (Lipinski definition) is 1. The van der Waals surface area contributed by atoms with E-state index in [1.54, 1.807) is 24.3 Å². The van der Waals surface area contributed by atoms with E-state index >= 15 is 0 Å². The van der Waals surface area contributed by atoms with Crippen LogP contribution >= 0.6 is 0 Å². The van der Waals surface area contributed by atoms with Crippen LogP contribution in [0.3, 0.4) is 0 Å². The minimum atomic E-state index is -4.51. The largest absolute Gasteiger partial charge is 0.496 e. The Kier molecular flexibility index (Phi) is 4.35. The second-order valence-corrected chi connectivity index (χ2v) is 4.36. The normalized spacial score (nSPS) is 11.3. The molecule has 0 atom stereocenters. The molecule has 2 aromatic rings. The van der Waals surface area contributed by atoms with Crippen molar-refractivity contribution in [1.82, 2.24) is 0 Å². The lowest BCUT2D eigenvalue weighted by molar-refractivity contribution is -0.137. The third-order valence-electron chi connectivity index (χ3n) is 2.96. The number of benzene rings is 2. The summed E-state index contributed by atoms with van der Waals surface area (Å²) in [5.74, 6) is -0.157. The first-order valence-corrected chi connectivity index (χ1v) is 6.14. The number of anilines is 1. The van der Waals surface area contributed by atoms with Crippen LogP contribution < -0.4 is 10.1 Å². The van der Waals surface area contributed by atoms with Gasteiger partial charge in [-0.05, 0) is 24.3 Å². The highest BCUT2D eigenvalue weighted by molar-refractivity contribution is 5.49. The molecule has 0 aliphatic heterocycles. The molecule has 21 heavy (non-hydrogen) atoms. The fourth-order valence-corrected chi connectivity index (χ4v) is 1.88. The van der Waals surface area contributed by atoms with Crippen molar-refractivity contribution in [2.24, 2.45) is 0 Å². The molecule has 0 aliphatic rings. The average Bonchev–Trinajstić information content (AvgIpc) is 2.45. The summed E-state index contributed by atoms with van der Waals surface area (Å²) >= 11 is 0. The first kappa shape index (κ1) is 15.2. The topological polar surface area (TPSA) is 21.3 Å². The van der Waals surface area contributed by atoms with E-state index in [2.05, 4.69) is 5.32 Å². The van der Waals surface area contributed by atoms with Gasteiger partial charge in [-0.25, -0.2) is 4.39 Å². The van der Waals surface area contributed by atoms with Crippen molar-refractivity contribution in [3.8, 4) is 5.75 Å². The minimum absolute atomic E-state index is 0.155. The number of ether oxygens (including phenoxy) is 1. The van der Waals surface area contributed by atoms with E-state index in [1.807, 2.05) is 0 Å². The molecule has 0 unspecified atom stereocenters. The number of alkyl halides is 3. The molecule has 0 amide bonds. The van der Waals surface area contributed by atoms with Crippen LogP contribution in [0.4, 0.5) is 23.2 Å². The smallest absolute Gasteiger partial charge is 0.416 e. The van der Waals surface area contributed by atoms with Gasteiger partial charge in [-0.15, -0.1) is 0 Å². The lowest BCUT2D eigenvalue weighted by Crippen LogP contribution is -2.08. The Morgan fingerprint density at radius 2 is 1.81 bits per heavy atom. The van der Waals surface area contributed by atoms with Crippen LogP contribution in [0.5, 0.6) is 5.75 Å². The SMILES string of the molecule is COc1ccccc1CNc1cc(C(F)(F)F)ccc1F. The molecule has 0 aliphatic carbocycles. The zero-order valence-corrected chi connectivity index (χ0v) is 11.2. The minimum Gasteiger partial charge on any atom is -0.496 e. The third kappa shape index (κ3) is 3.65. The van der Waals surface area contributed by atoms with Crippen LogP contribution in [0.15, 0.2) is 42.5 Å². The van der Waals surface area contributed by atoms with Gasteiger partial charge in [0.05, 0.1) is 18.4 Å². The summed E-state index contributed by atoms with van der Waals surface area (Å²) < 4.78 is 56.5. The first-order chi connectivity index (χ1) is 9.91. The molecular formula is C15H13F4NO. The molecule has 2 rings (SSSR count). The fraction of sp³-hybridized carbons (Fsp3) is 0.200. The molecule has 1 N–H and O–H groups in total. The summed E-state index contributed by atoms with van der Waals surface area (Å²) in [5, 5.41) is 2.66. The quantitative estimate of drug-likeness (QED) is 0.841. The summed E-state index contributed by atoms with van der Waals surface area (Å²) in [6.07, 6.45) is -4.51. The zero-order valence-electron chi connectivity index (χ0n) is 11.2. The van der Waals surface area contributed by atoms with Gasteiger partial charge in [-0.1, -0.05) is 18.2 Å². The highest BCUT2D eigenvalue weighted by Gasteiger charge is 2.31. The van der Waals surface area contributed by atoms with Crippen LogP contribution in [-0.2, 0) is 12.7 Å². The molecule has 0 radical (unpaired) electrons. The van der Waals surface area contributed by atoms with Gasteiger partial charge < -0.3 is 10.1 Å². The van der Waals surface area contributed by atoms with Gasteiger partial charge in [0.1, 0.15) is 11.6 Å².